The molecule has 2 aliphatic rings. The Morgan fingerprint density at radius 2 is 2.00 bits per heavy atom. The molecule has 2 nitrogen and oxygen atoms in total. The normalized spacial score (nSPS) is 31.6. The molecule has 2 fully saturated rings. The van der Waals surface area contributed by atoms with E-state index in [4.69, 9.17) is 4.74 Å². The summed E-state index contributed by atoms with van der Waals surface area (Å²) < 4.78 is 5.50. The predicted octanol–water partition coefficient (Wildman–Crippen LogP) is 2.11. The SMILES string of the molecule is OC(CC1CCC1)CC1CCCO1. The van der Waals surface area contributed by atoms with Crippen molar-refractivity contribution in [2.75, 3.05) is 6.61 Å². The van der Waals surface area contributed by atoms with E-state index in [1.807, 2.05) is 0 Å². The van der Waals surface area contributed by atoms with E-state index in [2.05, 4.69) is 0 Å². The van der Waals surface area contributed by atoms with Gasteiger partial charge in [-0.15, -0.1) is 0 Å². The molecule has 0 aromatic heterocycles. The first-order valence-electron chi connectivity index (χ1n) is 5.64. The lowest BCUT2D eigenvalue weighted by molar-refractivity contribution is 0.0370. The zero-order chi connectivity index (χ0) is 9.10. The van der Waals surface area contributed by atoms with Crippen LogP contribution in [0.2, 0.25) is 0 Å². The van der Waals surface area contributed by atoms with Gasteiger partial charge in [0.15, 0.2) is 0 Å². The van der Waals surface area contributed by atoms with E-state index in [1.165, 1.54) is 25.7 Å². The van der Waals surface area contributed by atoms with E-state index in [9.17, 15) is 5.11 Å². The summed E-state index contributed by atoms with van der Waals surface area (Å²) in [6, 6.07) is 0. The molecule has 13 heavy (non-hydrogen) atoms. The summed E-state index contributed by atoms with van der Waals surface area (Å²) >= 11 is 0. The molecule has 2 heteroatoms. The number of ether oxygens (including phenoxy) is 1. The average molecular weight is 184 g/mol. The standard InChI is InChI=1S/C11H20O2/c12-10(7-9-3-1-4-9)8-11-5-2-6-13-11/h9-12H,1-8H2. The molecule has 1 aliphatic heterocycles. The summed E-state index contributed by atoms with van der Waals surface area (Å²) in [4.78, 5) is 0. The van der Waals surface area contributed by atoms with Crippen molar-refractivity contribution in [3.8, 4) is 0 Å². The monoisotopic (exact) mass is 184 g/mol. The van der Waals surface area contributed by atoms with Crippen molar-refractivity contribution in [2.24, 2.45) is 5.92 Å². The molecule has 1 saturated heterocycles. The Bertz CT molecular complexity index is 148. The first-order chi connectivity index (χ1) is 6.34. The van der Waals surface area contributed by atoms with Gasteiger partial charge in [-0.25, -0.2) is 0 Å². The van der Waals surface area contributed by atoms with Crippen LogP contribution in [-0.2, 0) is 4.74 Å². The molecule has 1 saturated carbocycles. The Morgan fingerprint density at radius 3 is 2.54 bits per heavy atom. The molecular weight excluding hydrogens is 164 g/mol. The van der Waals surface area contributed by atoms with Crippen LogP contribution in [0.25, 0.3) is 0 Å². The Kier molecular flexibility index (Phi) is 3.23. The highest BCUT2D eigenvalue weighted by Gasteiger charge is 2.24. The third-order valence-electron chi connectivity index (χ3n) is 3.39. The van der Waals surface area contributed by atoms with Gasteiger partial charge in [-0.05, 0) is 31.6 Å². The Hall–Kier alpha value is -0.0800. The quantitative estimate of drug-likeness (QED) is 0.725. The van der Waals surface area contributed by atoms with Crippen molar-refractivity contribution in [2.45, 2.75) is 57.2 Å². The van der Waals surface area contributed by atoms with Gasteiger partial charge in [-0.3, -0.25) is 0 Å². The molecule has 1 aliphatic carbocycles. The van der Waals surface area contributed by atoms with Gasteiger partial charge in [0.25, 0.3) is 0 Å². The van der Waals surface area contributed by atoms with Crippen molar-refractivity contribution in [3.63, 3.8) is 0 Å². The van der Waals surface area contributed by atoms with Crippen molar-refractivity contribution in [1.29, 1.82) is 0 Å². The van der Waals surface area contributed by atoms with Gasteiger partial charge in [-0.2, -0.15) is 0 Å². The largest absolute Gasteiger partial charge is 0.393 e. The average Bonchev–Trinajstić information content (AvgIpc) is 2.49. The molecule has 0 radical (unpaired) electrons. The number of rotatable bonds is 4. The van der Waals surface area contributed by atoms with Crippen molar-refractivity contribution < 1.29 is 9.84 Å². The van der Waals surface area contributed by atoms with Gasteiger partial charge >= 0.3 is 0 Å². The third-order valence-corrected chi connectivity index (χ3v) is 3.39. The van der Waals surface area contributed by atoms with E-state index < -0.39 is 0 Å². The first-order valence-corrected chi connectivity index (χ1v) is 5.64. The minimum Gasteiger partial charge on any atom is -0.393 e. The van der Waals surface area contributed by atoms with Gasteiger partial charge < -0.3 is 9.84 Å². The van der Waals surface area contributed by atoms with Crippen LogP contribution in [0.3, 0.4) is 0 Å². The van der Waals surface area contributed by atoms with Gasteiger partial charge in [0.05, 0.1) is 12.2 Å². The highest BCUT2D eigenvalue weighted by molar-refractivity contribution is 4.76. The van der Waals surface area contributed by atoms with E-state index >= 15 is 0 Å². The first kappa shape index (κ1) is 9.47. The maximum absolute atomic E-state index is 9.76. The molecule has 2 atom stereocenters. The van der Waals surface area contributed by atoms with Gasteiger partial charge in [0, 0.05) is 6.61 Å². The lowest BCUT2D eigenvalue weighted by atomic mass is 9.80. The van der Waals surface area contributed by atoms with Gasteiger partial charge in [0.2, 0.25) is 0 Å². The van der Waals surface area contributed by atoms with Crippen LogP contribution in [0.15, 0.2) is 0 Å². The highest BCUT2D eigenvalue weighted by atomic mass is 16.5. The topological polar surface area (TPSA) is 29.5 Å². The number of hydrogen-bond donors (Lipinski definition) is 1. The summed E-state index contributed by atoms with van der Waals surface area (Å²) in [6.07, 6.45) is 8.52. The Labute approximate surface area is 80.3 Å². The summed E-state index contributed by atoms with van der Waals surface area (Å²) in [5, 5.41) is 9.76. The lowest BCUT2D eigenvalue weighted by Crippen LogP contribution is -2.23. The van der Waals surface area contributed by atoms with Gasteiger partial charge in [-0.1, -0.05) is 19.3 Å². The molecule has 0 spiro atoms. The van der Waals surface area contributed by atoms with Crippen LogP contribution >= 0.6 is 0 Å². The van der Waals surface area contributed by atoms with Crippen LogP contribution in [-0.4, -0.2) is 23.9 Å². The van der Waals surface area contributed by atoms with Crippen LogP contribution in [0.4, 0.5) is 0 Å². The van der Waals surface area contributed by atoms with E-state index in [-0.39, 0.29) is 6.10 Å². The predicted molar refractivity (Wildman–Crippen MR) is 51.6 cm³/mol. The maximum Gasteiger partial charge on any atom is 0.0600 e. The molecule has 0 aromatic rings. The van der Waals surface area contributed by atoms with Crippen molar-refractivity contribution in [3.05, 3.63) is 0 Å². The fourth-order valence-electron chi connectivity index (χ4n) is 2.34. The molecule has 2 rings (SSSR count). The highest BCUT2D eigenvalue weighted by Crippen LogP contribution is 2.32. The second kappa shape index (κ2) is 4.43. The molecule has 0 aromatic carbocycles. The van der Waals surface area contributed by atoms with Crippen LogP contribution in [0.1, 0.15) is 44.9 Å². The van der Waals surface area contributed by atoms with E-state index in [1.54, 1.807) is 0 Å². The third kappa shape index (κ3) is 2.68. The molecular formula is C11H20O2. The minimum absolute atomic E-state index is 0.103. The van der Waals surface area contributed by atoms with Crippen molar-refractivity contribution >= 4 is 0 Å². The number of hydrogen-bond acceptors (Lipinski definition) is 2. The zero-order valence-corrected chi connectivity index (χ0v) is 8.24. The molecule has 2 unspecified atom stereocenters. The van der Waals surface area contributed by atoms with Crippen LogP contribution in [0, 0.1) is 5.92 Å². The zero-order valence-electron chi connectivity index (χ0n) is 8.24. The van der Waals surface area contributed by atoms with Crippen LogP contribution < -0.4 is 0 Å². The summed E-state index contributed by atoms with van der Waals surface area (Å²) in [6.45, 7) is 0.904. The molecule has 1 heterocycles. The molecule has 0 amide bonds. The van der Waals surface area contributed by atoms with Crippen LogP contribution in [0.5, 0.6) is 0 Å². The fourth-order valence-corrected chi connectivity index (χ4v) is 2.34. The van der Waals surface area contributed by atoms with Gasteiger partial charge in [0.1, 0.15) is 0 Å². The smallest absolute Gasteiger partial charge is 0.0600 e. The number of aliphatic hydroxyl groups is 1. The molecule has 1 N–H and O–H groups in total. The second-order valence-electron chi connectivity index (χ2n) is 4.56. The Morgan fingerprint density at radius 1 is 1.15 bits per heavy atom. The van der Waals surface area contributed by atoms with E-state index in [0.717, 1.165) is 31.8 Å². The summed E-state index contributed by atoms with van der Waals surface area (Å²) in [7, 11) is 0. The van der Waals surface area contributed by atoms with E-state index in [0.29, 0.717) is 6.10 Å². The molecule has 76 valence electrons. The number of aliphatic hydroxyl groups excluding tert-OH is 1. The maximum atomic E-state index is 9.76. The lowest BCUT2D eigenvalue weighted by Gasteiger charge is -2.28. The molecule has 0 bridgehead atoms. The second-order valence-corrected chi connectivity index (χ2v) is 4.56. The summed E-state index contributed by atoms with van der Waals surface area (Å²) in [5.41, 5.74) is 0. The fraction of sp³-hybridized carbons (Fsp3) is 1.00. The summed E-state index contributed by atoms with van der Waals surface area (Å²) in [5.74, 6) is 0.816. The minimum atomic E-state index is -0.103. The van der Waals surface area contributed by atoms with Crippen molar-refractivity contribution in [1.82, 2.24) is 0 Å². The Balaban J connectivity index is 1.61.